The Morgan fingerprint density at radius 1 is 1.29 bits per heavy atom. The predicted octanol–water partition coefficient (Wildman–Crippen LogP) is 3.50. The van der Waals surface area contributed by atoms with Gasteiger partial charge in [-0.3, -0.25) is 4.79 Å². The monoisotopic (exact) mass is 359 g/mol. The first-order chi connectivity index (χ1) is 11.7. The number of benzene rings is 1. The van der Waals surface area contributed by atoms with Crippen LogP contribution in [-0.2, 0) is 11.3 Å². The minimum Gasteiger partial charge on any atom is -0.497 e. The van der Waals surface area contributed by atoms with Gasteiger partial charge in [-0.1, -0.05) is 23.9 Å². The largest absolute Gasteiger partial charge is 0.497 e. The maximum absolute atomic E-state index is 12.3. The summed E-state index contributed by atoms with van der Waals surface area (Å²) in [6.45, 7) is 2.38. The smallest absolute Gasteiger partial charge is 0.233 e. The number of aromatic nitrogens is 2. The molecular weight excluding hydrogens is 342 g/mol. The number of thiophene rings is 1. The molecule has 3 rings (SSSR count). The summed E-state index contributed by atoms with van der Waals surface area (Å²) >= 11 is 3.05. The van der Waals surface area contributed by atoms with E-state index in [4.69, 9.17) is 4.74 Å². The molecule has 0 aliphatic carbocycles. The third-order valence-electron chi connectivity index (χ3n) is 3.49. The van der Waals surface area contributed by atoms with Crippen molar-refractivity contribution in [3.05, 3.63) is 47.6 Å². The van der Waals surface area contributed by atoms with Crippen molar-refractivity contribution < 1.29 is 9.53 Å². The fourth-order valence-corrected chi connectivity index (χ4v) is 4.01. The van der Waals surface area contributed by atoms with E-state index in [-0.39, 0.29) is 11.2 Å². The lowest BCUT2D eigenvalue weighted by Crippen LogP contribution is -2.30. The van der Waals surface area contributed by atoms with Crippen molar-refractivity contribution in [2.45, 2.75) is 23.7 Å². The van der Waals surface area contributed by atoms with Crippen molar-refractivity contribution in [2.75, 3.05) is 7.11 Å². The van der Waals surface area contributed by atoms with Crippen molar-refractivity contribution in [3.8, 4) is 5.75 Å². The number of carbonyl (C=O) groups is 1. The number of amides is 1. The van der Waals surface area contributed by atoms with Crippen molar-refractivity contribution in [3.63, 3.8) is 0 Å². The second-order valence-corrected chi connectivity index (χ2v) is 7.39. The van der Waals surface area contributed by atoms with E-state index in [0.717, 1.165) is 26.6 Å². The molecule has 2 heterocycles. The molecule has 1 N–H and O–H groups in total. The van der Waals surface area contributed by atoms with Crippen LogP contribution in [0.1, 0.15) is 12.5 Å². The third kappa shape index (κ3) is 3.85. The van der Waals surface area contributed by atoms with Gasteiger partial charge in [0.15, 0.2) is 0 Å². The number of ether oxygens (including phenoxy) is 1. The number of thioether (sulfide) groups is 1. The minimum absolute atomic E-state index is 0.0147. The molecule has 124 valence electrons. The molecule has 0 fully saturated rings. The number of fused-ring (bicyclic) bond motifs is 1. The molecule has 24 heavy (non-hydrogen) atoms. The van der Waals surface area contributed by atoms with Gasteiger partial charge in [0.05, 0.1) is 22.6 Å². The fraction of sp³-hybridized carbons (Fsp3) is 0.235. The van der Waals surface area contributed by atoms with Gasteiger partial charge in [-0.25, -0.2) is 9.97 Å². The average Bonchev–Trinajstić information content (AvgIpc) is 3.10. The highest BCUT2D eigenvalue weighted by atomic mass is 32.2. The summed E-state index contributed by atoms with van der Waals surface area (Å²) in [5.41, 5.74) is 1.95. The van der Waals surface area contributed by atoms with E-state index < -0.39 is 0 Å². The van der Waals surface area contributed by atoms with Crippen molar-refractivity contribution in [2.24, 2.45) is 0 Å². The number of nitrogens with one attached hydrogen (secondary N) is 1. The second-order valence-electron chi connectivity index (χ2n) is 5.14. The lowest BCUT2D eigenvalue weighted by molar-refractivity contribution is -0.120. The van der Waals surface area contributed by atoms with Gasteiger partial charge in [0.1, 0.15) is 17.1 Å². The van der Waals surface area contributed by atoms with Crippen LogP contribution in [0, 0.1) is 0 Å². The summed E-state index contributed by atoms with van der Waals surface area (Å²) in [6.07, 6.45) is 1.54. The topological polar surface area (TPSA) is 64.1 Å². The average molecular weight is 359 g/mol. The molecule has 3 aromatic rings. The second kappa shape index (κ2) is 7.63. The van der Waals surface area contributed by atoms with Gasteiger partial charge in [-0.2, -0.15) is 0 Å². The molecule has 0 radical (unpaired) electrons. The van der Waals surface area contributed by atoms with Crippen LogP contribution in [0.3, 0.4) is 0 Å². The van der Waals surface area contributed by atoms with Crippen LogP contribution in [0.25, 0.3) is 10.2 Å². The van der Waals surface area contributed by atoms with E-state index in [1.165, 1.54) is 11.8 Å². The molecule has 1 unspecified atom stereocenters. The summed E-state index contributed by atoms with van der Waals surface area (Å²) in [5, 5.41) is 5.56. The summed E-state index contributed by atoms with van der Waals surface area (Å²) in [5.74, 6) is 0.789. The Balaban J connectivity index is 1.59. The number of hydrogen-bond acceptors (Lipinski definition) is 6. The normalized spacial score (nSPS) is 12.1. The summed E-state index contributed by atoms with van der Waals surface area (Å²) in [7, 11) is 1.63. The Hall–Kier alpha value is -2.12. The molecular formula is C17H17N3O2S2. The van der Waals surface area contributed by atoms with Crippen LogP contribution in [-0.4, -0.2) is 28.2 Å². The minimum atomic E-state index is -0.233. The van der Waals surface area contributed by atoms with E-state index in [1.807, 2.05) is 42.6 Å². The van der Waals surface area contributed by atoms with Crippen LogP contribution in [0.5, 0.6) is 5.75 Å². The van der Waals surface area contributed by atoms with Crippen LogP contribution < -0.4 is 10.1 Å². The van der Waals surface area contributed by atoms with Crippen LogP contribution in [0.4, 0.5) is 0 Å². The Bertz CT molecular complexity index is 833. The molecule has 1 aromatic carbocycles. The zero-order chi connectivity index (χ0) is 16.9. The Morgan fingerprint density at radius 2 is 2.08 bits per heavy atom. The summed E-state index contributed by atoms with van der Waals surface area (Å²) in [6, 6.07) is 9.61. The SMILES string of the molecule is COc1ccc(CNC(=O)C(C)Sc2ncnc3ccsc23)cc1. The van der Waals surface area contributed by atoms with Crippen molar-refractivity contribution in [1.82, 2.24) is 15.3 Å². The molecule has 5 nitrogen and oxygen atoms in total. The van der Waals surface area contributed by atoms with Crippen LogP contribution in [0.15, 0.2) is 47.1 Å². The highest BCUT2D eigenvalue weighted by Crippen LogP contribution is 2.31. The first-order valence-corrected chi connectivity index (χ1v) is 9.19. The van der Waals surface area contributed by atoms with Crippen molar-refractivity contribution in [1.29, 1.82) is 0 Å². The van der Waals surface area contributed by atoms with Gasteiger partial charge in [0.25, 0.3) is 0 Å². The predicted molar refractivity (Wildman–Crippen MR) is 97.6 cm³/mol. The Morgan fingerprint density at radius 3 is 2.83 bits per heavy atom. The fourth-order valence-electron chi connectivity index (χ4n) is 2.15. The van der Waals surface area contributed by atoms with E-state index in [2.05, 4.69) is 15.3 Å². The molecule has 2 aromatic heterocycles. The van der Waals surface area contributed by atoms with E-state index in [9.17, 15) is 4.79 Å². The zero-order valence-corrected chi connectivity index (χ0v) is 15.0. The first-order valence-electron chi connectivity index (χ1n) is 7.43. The molecule has 0 saturated heterocycles. The molecule has 0 aliphatic heterocycles. The zero-order valence-electron chi connectivity index (χ0n) is 13.4. The molecule has 0 bridgehead atoms. The Labute approximate surface area is 148 Å². The van der Waals surface area contributed by atoms with Crippen molar-refractivity contribution >= 4 is 39.2 Å². The number of carbonyl (C=O) groups excluding carboxylic acids is 1. The van der Waals surface area contributed by atoms with E-state index in [0.29, 0.717) is 6.54 Å². The van der Waals surface area contributed by atoms with Gasteiger partial charge in [0.2, 0.25) is 5.91 Å². The quantitative estimate of drug-likeness (QED) is 0.539. The third-order valence-corrected chi connectivity index (χ3v) is 5.63. The molecule has 0 spiro atoms. The number of hydrogen-bond donors (Lipinski definition) is 1. The number of rotatable bonds is 6. The number of nitrogens with zero attached hydrogens (tertiary/aromatic N) is 2. The van der Waals surface area contributed by atoms with Gasteiger partial charge in [-0.05, 0) is 36.1 Å². The molecule has 7 heteroatoms. The molecule has 0 aliphatic rings. The maximum Gasteiger partial charge on any atom is 0.233 e. The standard InChI is InChI=1S/C17H17N3O2S2/c1-11(24-17-15-14(7-8-23-15)19-10-20-17)16(21)18-9-12-3-5-13(22-2)6-4-12/h3-8,10-11H,9H2,1-2H3,(H,18,21). The highest BCUT2D eigenvalue weighted by Gasteiger charge is 2.17. The van der Waals surface area contributed by atoms with Crippen LogP contribution >= 0.6 is 23.1 Å². The lowest BCUT2D eigenvalue weighted by Gasteiger charge is -2.12. The summed E-state index contributed by atoms with van der Waals surface area (Å²) < 4.78 is 6.15. The number of methoxy groups -OCH3 is 1. The van der Waals surface area contributed by atoms with E-state index in [1.54, 1.807) is 24.8 Å². The Kier molecular flexibility index (Phi) is 5.32. The van der Waals surface area contributed by atoms with Crippen LogP contribution in [0.2, 0.25) is 0 Å². The van der Waals surface area contributed by atoms with Gasteiger partial charge < -0.3 is 10.1 Å². The first kappa shape index (κ1) is 16.7. The molecule has 0 saturated carbocycles. The molecule has 1 atom stereocenters. The molecule has 1 amide bonds. The summed E-state index contributed by atoms with van der Waals surface area (Å²) in [4.78, 5) is 20.8. The highest BCUT2D eigenvalue weighted by molar-refractivity contribution is 8.00. The van der Waals surface area contributed by atoms with Gasteiger partial charge in [0, 0.05) is 6.54 Å². The lowest BCUT2D eigenvalue weighted by atomic mass is 10.2. The van der Waals surface area contributed by atoms with E-state index >= 15 is 0 Å². The van der Waals surface area contributed by atoms with Gasteiger partial charge in [-0.15, -0.1) is 11.3 Å². The maximum atomic E-state index is 12.3. The van der Waals surface area contributed by atoms with Gasteiger partial charge >= 0.3 is 0 Å².